The van der Waals surface area contributed by atoms with Crippen molar-refractivity contribution >= 4 is 29.2 Å². The van der Waals surface area contributed by atoms with Crippen molar-refractivity contribution < 1.29 is 28.8 Å². The maximum atomic E-state index is 13.5. The number of anilines is 1. The molecule has 2 aromatic rings. The zero-order valence-electron chi connectivity index (χ0n) is 20.1. The predicted octanol–water partition coefficient (Wildman–Crippen LogP) is 4.38. The molecule has 1 heterocycles. The molecule has 35 heavy (non-hydrogen) atoms. The third-order valence-electron chi connectivity index (χ3n) is 6.42. The Balaban J connectivity index is 2.33. The van der Waals surface area contributed by atoms with E-state index in [1.54, 1.807) is 75.4 Å². The van der Waals surface area contributed by atoms with E-state index in [-0.39, 0.29) is 12.2 Å². The summed E-state index contributed by atoms with van der Waals surface area (Å²) in [6.07, 6.45) is -0.548. The lowest BCUT2D eigenvalue weighted by Crippen LogP contribution is -2.50. The van der Waals surface area contributed by atoms with Crippen LogP contribution in [0.25, 0.3) is 5.57 Å². The number of esters is 1. The van der Waals surface area contributed by atoms with E-state index in [1.807, 2.05) is 0 Å². The second kappa shape index (κ2) is 10.5. The van der Waals surface area contributed by atoms with Crippen LogP contribution in [0.15, 0.2) is 60.2 Å². The fourth-order valence-electron chi connectivity index (χ4n) is 4.99. The Morgan fingerprint density at radius 3 is 2.29 bits per heavy atom. The lowest BCUT2D eigenvalue weighted by molar-refractivity contribution is -0.490. The van der Waals surface area contributed by atoms with Crippen LogP contribution in [0.1, 0.15) is 38.3 Å². The Kier molecular flexibility index (Phi) is 7.68. The molecule has 0 spiro atoms. The van der Waals surface area contributed by atoms with Crippen molar-refractivity contribution in [1.82, 2.24) is 0 Å². The number of rotatable bonds is 8. The number of imide groups is 1. The van der Waals surface area contributed by atoms with E-state index in [0.717, 1.165) is 4.90 Å². The number of nitrogens with zero attached hydrogens (tertiary/aromatic N) is 2. The molecule has 0 aliphatic carbocycles. The molecule has 2 aromatic carbocycles. The van der Waals surface area contributed by atoms with Crippen LogP contribution in [-0.2, 0) is 24.5 Å². The number of nitro groups is 1. The Morgan fingerprint density at radius 2 is 1.71 bits per heavy atom. The molecule has 2 atom stereocenters. The van der Waals surface area contributed by atoms with E-state index >= 15 is 0 Å². The molecule has 9 nitrogen and oxygen atoms in total. The molecule has 1 aliphatic rings. The summed E-state index contributed by atoms with van der Waals surface area (Å²) in [5.74, 6) is -2.13. The van der Waals surface area contributed by atoms with Crippen LogP contribution in [-0.4, -0.2) is 43.2 Å². The maximum absolute atomic E-state index is 13.5. The van der Waals surface area contributed by atoms with Gasteiger partial charge < -0.3 is 9.47 Å². The number of ether oxygens (including phenoxy) is 2. The minimum atomic E-state index is -1.69. The fraction of sp³-hybridized carbons (Fsp3) is 0.346. The Labute approximate surface area is 203 Å². The maximum Gasteiger partial charge on any atom is 0.421 e. The molecule has 0 saturated heterocycles. The molecule has 1 aliphatic heterocycles. The highest BCUT2D eigenvalue weighted by Crippen LogP contribution is 2.46. The smallest absolute Gasteiger partial charge is 0.421 e. The van der Waals surface area contributed by atoms with Crippen LogP contribution in [0.2, 0.25) is 0 Å². The van der Waals surface area contributed by atoms with Crippen molar-refractivity contribution in [3.8, 4) is 0 Å². The average Bonchev–Trinajstić information content (AvgIpc) is 3.15. The molecule has 0 bridgehead atoms. The van der Waals surface area contributed by atoms with Crippen LogP contribution >= 0.6 is 0 Å². The number of carbonyl (C=O) groups excluding carboxylic acids is 3. The number of allylic oxidation sites excluding steroid dienone is 1. The van der Waals surface area contributed by atoms with E-state index in [9.17, 15) is 24.5 Å². The van der Waals surface area contributed by atoms with Gasteiger partial charge in [-0.25, -0.2) is 9.69 Å². The number of hydrogen-bond acceptors (Lipinski definition) is 7. The zero-order valence-corrected chi connectivity index (χ0v) is 20.1. The van der Waals surface area contributed by atoms with E-state index in [0.29, 0.717) is 28.8 Å². The minimum Gasteiger partial charge on any atom is -0.465 e. The van der Waals surface area contributed by atoms with Gasteiger partial charge in [0.1, 0.15) is 0 Å². The van der Waals surface area contributed by atoms with Gasteiger partial charge in [-0.2, -0.15) is 0 Å². The third-order valence-corrected chi connectivity index (χ3v) is 6.42. The molecule has 0 fully saturated rings. The number of fused-ring (bicyclic) bond motifs is 1. The standard InChI is InChI=1S/C26H28N2O7/c1-5-20(26(16-27(32)33,24(30)35-6-2)18-12-8-7-9-13-18)17(3)22-19-14-10-11-15-21(19)28(23(22)29)25(31)34-4/h7-15,20H,5-6,16H2,1-4H3/b22-17-/t20-,26+/m0/s1. The molecule has 184 valence electrons. The molecular formula is C26H28N2O7. The number of para-hydroxylation sites is 1. The lowest BCUT2D eigenvalue weighted by atomic mass is 9.65. The molecule has 9 heteroatoms. The zero-order chi connectivity index (χ0) is 25.8. The van der Waals surface area contributed by atoms with Gasteiger partial charge in [0.2, 0.25) is 6.54 Å². The van der Waals surface area contributed by atoms with Gasteiger partial charge in [0.05, 0.1) is 19.4 Å². The molecule has 3 rings (SSSR count). The van der Waals surface area contributed by atoms with E-state index < -0.39 is 40.8 Å². The largest absolute Gasteiger partial charge is 0.465 e. The van der Waals surface area contributed by atoms with Gasteiger partial charge in [0, 0.05) is 22.0 Å². The van der Waals surface area contributed by atoms with Crippen molar-refractivity contribution in [2.24, 2.45) is 5.92 Å². The Hall–Kier alpha value is -4.01. The average molecular weight is 481 g/mol. The summed E-state index contributed by atoms with van der Waals surface area (Å²) in [5.41, 5.74) is 0.238. The quantitative estimate of drug-likeness (QED) is 0.238. The van der Waals surface area contributed by atoms with Crippen LogP contribution in [0.3, 0.4) is 0 Å². The van der Waals surface area contributed by atoms with Crippen molar-refractivity contribution in [3.63, 3.8) is 0 Å². The number of benzene rings is 2. The molecular weight excluding hydrogens is 452 g/mol. The first kappa shape index (κ1) is 25.6. The summed E-state index contributed by atoms with van der Waals surface area (Å²) in [6, 6.07) is 15.2. The van der Waals surface area contributed by atoms with E-state index in [2.05, 4.69) is 0 Å². The van der Waals surface area contributed by atoms with Crippen LogP contribution in [0.5, 0.6) is 0 Å². The molecule has 0 unspecified atom stereocenters. The number of carbonyl (C=O) groups is 3. The third kappa shape index (κ3) is 4.41. The normalized spacial score (nSPS) is 16.7. The topological polar surface area (TPSA) is 116 Å². The van der Waals surface area contributed by atoms with Gasteiger partial charge in [-0.1, -0.05) is 61.0 Å². The summed E-state index contributed by atoms with van der Waals surface area (Å²) in [6.45, 7) is 4.42. The minimum absolute atomic E-state index is 0.0368. The fourth-order valence-corrected chi connectivity index (χ4v) is 4.99. The van der Waals surface area contributed by atoms with Crippen molar-refractivity contribution in [2.45, 2.75) is 32.6 Å². The first-order chi connectivity index (χ1) is 16.7. The first-order valence-corrected chi connectivity index (χ1v) is 11.3. The monoisotopic (exact) mass is 480 g/mol. The van der Waals surface area contributed by atoms with Gasteiger partial charge in [-0.15, -0.1) is 0 Å². The number of amides is 2. The van der Waals surface area contributed by atoms with Gasteiger partial charge >= 0.3 is 12.1 Å². The number of methoxy groups -OCH3 is 1. The second-order valence-electron chi connectivity index (χ2n) is 8.20. The number of hydrogen-bond donors (Lipinski definition) is 0. The van der Waals surface area contributed by atoms with E-state index in [4.69, 9.17) is 9.47 Å². The molecule has 0 saturated carbocycles. The van der Waals surface area contributed by atoms with Gasteiger partial charge in [0.15, 0.2) is 5.41 Å². The summed E-state index contributed by atoms with van der Waals surface area (Å²) in [7, 11) is 1.18. The molecule has 0 aromatic heterocycles. The highest BCUT2D eigenvalue weighted by atomic mass is 16.6. The van der Waals surface area contributed by atoms with Crippen molar-refractivity contribution in [3.05, 3.63) is 81.4 Å². The highest BCUT2D eigenvalue weighted by molar-refractivity contribution is 6.39. The van der Waals surface area contributed by atoms with Gasteiger partial charge in [-0.3, -0.25) is 19.7 Å². The summed E-state index contributed by atoms with van der Waals surface area (Å²) < 4.78 is 10.2. The Morgan fingerprint density at radius 1 is 1.09 bits per heavy atom. The van der Waals surface area contributed by atoms with Gasteiger partial charge in [-0.05, 0) is 31.9 Å². The van der Waals surface area contributed by atoms with Gasteiger partial charge in [0.25, 0.3) is 5.91 Å². The van der Waals surface area contributed by atoms with Crippen LogP contribution < -0.4 is 4.90 Å². The Bertz CT molecular complexity index is 1180. The second-order valence-corrected chi connectivity index (χ2v) is 8.20. The summed E-state index contributed by atoms with van der Waals surface area (Å²) in [5, 5.41) is 11.9. The summed E-state index contributed by atoms with van der Waals surface area (Å²) >= 11 is 0. The van der Waals surface area contributed by atoms with E-state index in [1.165, 1.54) is 7.11 Å². The highest BCUT2D eigenvalue weighted by Gasteiger charge is 2.54. The van der Waals surface area contributed by atoms with Crippen LogP contribution in [0.4, 0.5) is 10.5 Å². The first-order valence-electron chi connectivity index (χ1n) is 11.3. The summed E-state index contributed by atoms with van der Waals surface area (Å²) in [4.78, 5) is 51.9. The SMILES string of the molecule is CCOC(=O)[C@](C[N+](=O)[O-])(c1ccccc1)[C@@H](CC)/C(C)=C1\C(=O)N(C(=O)OC)c2ccccc21. The predicted molar refractivity (Wildman–Crippen MR) is 129 cm³/mol. The van der Waals surface area contributed by atoms with Crippen molar-refractivity contribution in [1.29, 1.82) is 0 Å². The molecule has 2 amide bonds. The van der Waals surface area contributed by atoms with Crippen molar-refractivity contribution in [2.75, 3.05) is 25.2 Å². The molecule has 0 N–H and O–H groups in total. The van der Waals surface area contributed by atoms with Crippen LogP contribution in [0, 0.1) is 16.0 Å². The molecule has 0 radical (unpaired) electrons. The lowest BCUT2D eigenvalue weighted by Gasteiger charge is -2.36.